The topological polar surface area (TPSA) is 40.6 Å². The minimum atomic E-state index is -4.40. The number of likely N-dealkylation sites (tertiary alicyclic amines) is 1. The molecule has 2 atom stereocenters. The predicted octanol–water partition coefficient (Wildman–Crippen LogP) is 2.99. The highest BCUT2D eigenvalue weighted by Gasteiger charge is 2.37. The van der Waals surface area contributed by atoms with E-state index in [0.717, 1.165) is 17.7 Å². The number of hydrogen-bond acceptors (Lipinski definition) is 2. The van der Waals surface area contributed by atoms with Gasteiger partial charge in [-0.05, 0) is 39.0 Å². The SMILES string of the molecule is CCN(CC(F)(F)F)C(=O)[C@H]1CCCN(C(=O)[C@@H]2CC=CCC2)C1. The van der Waals surface area contributed by atoms with Crippen molar-refractivity contribution in [1.29, 1.82) is 0 Å². The first-order chi connectivity index (χ1) is 11.3. The summed E-state index contributed by atoms with van der Waals surface area (Å²) in [6.45, 7) is 1.18. The largest absolute Gasteiger partial charge is 0.406 e. The summed E-state index contributed by atoms with van der Waals surface area (Å²) in [5.41, 5.74) is 0. The minimum absolute atomic E-state index is 0.0240. The first-order valence-corrected chi connectivity index (χ1v) is 8.61. The molecule has 136 valence electrons. The normalized spacial score (nSPS) is 24.8. The Morgan fingerprint density at radius 3 is 2.54 bits per heavy atom. The van der Waals surface area contributed by atoms with E-state index in [1.807, 2.05) is 6.08 Å². The van der Waals surface area contributed by atoms with Crippen molar-refractivity contribution in [2.75, 3.05) is 26.2 Å². The van der Waals surface area contributed by atoms with E-state index < -0.39 is 24.5 Å². The average molecular weight is 346 g/mol. The van der Waals surface area contributed by atoms with Crippen LogP contribution in [0.4, 0.5) is 13.2 Å². The van der Waals surface area contributed by atoms with Gasteiger partial charge in [-0.2, -0.15) is 13.2 Å². The van der Waals surface area contributed by atoms with Crippen LogP contribution in [0.2, 0.25) is 0 Å². The lowest BCUT2D eigenvalue weighted by molar-refractivity contribution is -0.165. The van der Waals surface area contributed by atoms with Crippen LogP contribution in [0, 0.1) is 11.8 Å². The van der Waals surface area contributed by atoms with Gasteiger partial charge in [0.15, 0.2) is 0 Å². The second-order valence-corrected chi connectivity index (χ2v) is 6.57. The van der Waals surface area contributed by atoms with Crippen molar-refractivity contribution in [3.63, 3.8) is 0 Å². The van der Waals surface area contributed by atoms with Crippen LogP contribution in [0.1, 0.15) is 39.0 Å². The van der Waals surface area contributed by atoms with Crippen molar-refractivity contribution >= 4 is 11.8 Å². The molecule has 2 amide bonds. The molecule has 1 aliphatic heterocycles. The molecule has 0 N–H and O–H groups in total. The fourth-order valence-electron chi connectivity index (χ4n) is 3.48. The number of halogens is 3. The number of rotatable bonds is 4. The maximum Gasteiger partial charge on any atom is 0.406 e. The van der Waals surface area contributed by atoms with Crippen LogP contribution in [-0.4, -0.2) is 54.0 Å². The van der Waals surface area contributed by atoms with Crippen molar-refractivity contribution in [2.24, 2.45) is 11.8 Å². The number of carbonyl (C=O) groups excluding carboxylic acids is 2. The van der Waals surface area contributed by atoms with Crippen LogP contribution >= 0.6 is 0 Å². The Morgan fingerprint density at radius 2 is 1.96 bits per heavy atom. The van der Waals surface area contributed by atoms with Crippen molar-refractivity contribution < 1.29 is 22.8 Å². The van der Waals surface area contributed by atoms with Gasteiger partial charge in [-0.15, -0.1) is 0 Å². The zero-order chi connectivity index (χ0) is 17.7. The first-order valence-electron chi connectivity index (χ1n) is 8.61. The summed E-state index contributed by atoms with van der Waals surface area (Å²) in [6, 6.07) is 0. The highest BCUT2D eigenvalue weighted by atomic mass is 19.4. The molecule has 1 aliphatic carbocycles. The van der Waals surface area contributed by atoms with Crippen LogP contribution in [0.15, 0.2) is 12.2 Å². The predicted molar refractivity (Wildman–Crippen MR) is 84.1 cm³/mol. The summed E-state index contributed by atoms with van der Waals surface area (Å²) in [6.07, 6.45) is 3.26. The molecule has 0 aromatic rings. The summed E-state index contributed by atoms with van der Waals surface area (Å²) >= 11 is 0. The molecular formula is C17H25F3N2O2. The Labute approximate surface area is 140 Å². The molecular weight excluding hydrogens is 321 g/mol. The van der Waals surface area contributed by atoms with Crippen LogP contribution < -0.4 is 0 Å². The van der Waals surface area contributed by atoms with Gasteiger partial charge >= 0.3 is 6.18 Å². The molecule has 4 nitrogen and oxygen atoms in total. The molecule has 0 aromatic carbocycles. The zero-order valence-corrected chi connectivity index (χ0v) is 14.0. The van der Waals surface area contributed by atoms with Gasteiger partial charge in [0.25, 0.3) is 0 Å². The molecule has 2 rings (SSSR count). The molecule has 0 saturated carbocycles. The first kappa shape index (κ1) is 18.8. The lowest BCUT2D eigenvalue weighted by Gasteiger charge is -2.36. The van der Waals surface area contributed by atoms with E-state index in [0.29, 0.717) is 25.8 Å². The fraction of sp³-hybridized carbons (Fsp3) is 0.765. The number of alkyl halides is 3. The Kier molecular flexibility index (Phi) is 6.29. The third-order valence-corrected chi connectivity index (χ3v) is 4.76. The maximum absolute atomic E-state index is 12.6. The van der Waals surface area contributed by atoms with Crippen LogP contribution in [0.5, 0.6) is 0 Å². The monoisotopic (exact) mass is 346 g/mol. The van der Waals surface area contributed by atoms with Crippen LogP contribution in [-0.2, 0) is 9.59 Å². The molecule has 1 heterocycles. The minimum Gasteiger partial charge on any atom is -0.342 e. The van der Waals surface area contributed by atoms with E-state index in [9.17, 15) is 22.8 Å². The molecule has 0 spiro atoms. The van der Waals surface area contributed by atoms with E-state index in [1.54, 1.807) is 11.8 Å². The van der Waals surface area contributed by atoms with E-state index in [2.05, 4.69) is 6.08 Å². The summed E-state index contributed by atoms with van der Waals surface area (Å²) in [5.74, 6) is -1.03. The number of allylic oxidation sites excluding steroid dienone is 2. The molecule has 2 aliphatic rings. The quantitative estimate of drug-likeness (QED) is 0.734. The molecule has 24 heavy (non-hydrogen) atoms. The van der Waals surface area contributed by atoms with Crippen molar-refractivity contribution in [1.82, 2.24) is 9.80 Å². The van der Waals surface area contributed by atoms with Crippen LogP contribution in [0.3, 0.4) is 0 Å². The lowest BCUT2D eigenvalue weighted by Crippen LogP contribution is -2.49. The number of nitrogens with zero attached hydrogens (tertiary/aromatic N) is 2. The number of hydrogen-bond donors (Lipinski definition) is 0. The van der Waals surface area contributed by atoms with Crippen molar-refractivity contribution in [3.8, 4) is 0 Å². The van der Waals surface area contributed by atoms with Gasteiger partial charge in [-0.3, -0.25) is 9.59 Å². The summed E-state index contributed by atoms with van der Waals surface area (Å²) in [7, 11) is 0. The van der Waals surface area contributed by atoms with E-state index in [4.69, 9.17) is 0 Å². The third-order valence-electron chi connectivity index (χ3n) is 4.76. The maximum atomic E-state index is 12.6. The fourth-order valence-corrected chi connectivity index (χ4v) is 3.48. The number of amides is 2. The standard InChI is InChI=1S/C17H25F3N2O2/c1-2-21(12-17(18,19)20)16(24)14-9-6-10-22(11-14)15(23)13-7-4-3-5-8-13/h3-4,13-14H,2,5-12H2,1H3/t13-,14+/m1/s1. The number of carbonyl (C=O) groups is 2. The van der Waals surface area contributed by atoms with Gasteiger partial charge in [-0.25, -0.2) is 0 Å². The molecule has 0 radical (unpaired) electrons. The average Bonchev–Trinajstić information content (AvgIpc) is 2.58. The Bertz CT molecular complexity index is 491. The molecule has 7 heteroatoms. The molecule has 0 unspecified atom stereocenters. The summed E-state index contributed by atoms with van der Waals surface area (Å²) in [4.78, 5) is 27.5. The second kappa shape index (κ2) is 8.03. The Hall–Kier alpha value is -1.53. The highest BCUT2D eigenvalue weighted by Crippen LogP contribution is 2.26. The Morgan fingerprint density at radius 1 is 1.21 bits per heavy atom. The highest BCUT2D eigenvalue weighted by molar-refractivity contribution is 5.82. The molecule has 1 fully saturated rings. The van der Waals surface area contributed by atoms with Gasteiger partial charge in [0.2, 0.25) is 11.8 Å². The second-order valence-electron chi connectivity index (χ2n) is 6.57. The third kappa shape index (κ3) is 4.98. The summed E-state index contributed by atoms with van der Waals surface area (Å²) in [5, 5.41) is 0. The van der Waals surface area contributed by atoms with E-state index in [1.165, 1.54) is 0 Å². The van der Waals surface area contributed by atoms with Crippen LogP contribution in [0.25, 0.3) is 0 Å². The van der Waals surface area contributed by atoms with Gasteiger partial charge in [0, 0.05) is 25.6 Å². The molecule has 0 bridgehead atoms. The van der Waals surface area contributed by atoms with Gasteiger partial charge in [0.1, 0.15) is 6.54 Å². The van der Waals surface area contributed by atoms with Gasteiger partial charge < -0.3 is 9.80 Å². The van der Waals surface area contributed by atoms with Crippen molar-refractivity contribution in [3.05, 3.63) is 12.2 Å². The van der Waals surface area contributed by atoms with Gasteiger partial charge in [-0.1, -0.05) is 12.2 Å². The van der Waals surface area contributed by atoms with Gasteiger partial charge in [0.05, 0.1) is 5.92 Å². The van der Waals surface area contributed by atoms with E-state index >= 15 is 0 Å². The molecule has 1 saturated heterocycles. The zero-order valence-electron chi connectivity index (χ0n) is 14.0. The van der Waals surface area contributed by atoms with Crippen molar-refractivity contribution in [2.45, 2.75) is 45.2 Å². The summed E-state index contributed by atoms with van der Waals surface area (Å²) < 4.78 is 37.8. The molecule has 0 aromatic heterocycles. The lowest BCUT2D eigenvalue weighted by atomic mass is 9.90. The smallest absolute Gasteiger partial charge is 0.342 e. The number of piperidine rings is 1. The van der Waals surface area contributed by atoms with E-state index in [-0.39, 0.29) is 24.9 Å². The Balaban J connectivity index is 1.97.